The van der Waals surface area contributed by atoms with Crippen LogP contribution in [0.25, 0.3) is 94.1 Å². The average Bonchev–Trinajstić information content (AvgIpc) is 3.96. The van der Waals surface area contributed by atoms with E-state index in [0.717, 1.165) is 109 Å². The topological polar surface area (TPSA) is 44.4 Å². The predicted octanol–water partition coefficient (Wildman–Crippen LogP) is 13.2. The minimum Gasteiger partial charge on any atom is -0.456 e. The van der Waals surface area contributed by atoms with E-state index in [2.05, 4.69) is 126 Å². The van der Waals surface area contributed by atoms with Gasteiger partial charge in [0.2, 0.25) is 0 Å². The molecular weight excluding hydrogens is 639 g/mol. The van der Waals surface area contributed by atoms with Crippen LogP contribution in [-0.2, 0) is 12.8 Å². The molecule has 0 aliphatic heterocycles. The smallest absolute Gasteiger partial charge is 0.143 e. The van der Waals surface area contributed by atoms with Crippen molar-refractivity contribution in [1.29, 1.82) is 0 Å². The molecule has 52 heavy (non-hydrogen) atoms. The zero-order valence-corrected chi connectivity index (χ0v) is 28.3. The van der Waals surface area contributed by atoms with Gasteiger partial charge in [-0.05, 0) is 97.5 Å². The number of rotatable bonds is 3. The van der Waals surface area contributed by atoms with Crippen molar-refractivity contribution >= 4 is 77.3 Å². The number of para-hydroxylation sites is 3. The lowest BCUT2D eigenvalue weighted by molar-refractivity contribution is 0.534. The van der Waals surface area contributed by atoms with Crippen molar-refractivity contribution in [3.05, 3.63) is 162 Å². The van der Waals surface area contributed by atoms with Crippen LogP contribution in [-0.4, -0.2) is 4.57 Å². The molecule has 0 N–H and O–H groups in total. The minimum absolute atomic E-state index is 0.894. The maximum atomic E-state index is 6.60. The molecule has 10 aromatic rings. The summed E-state index contributed by atoms with van der Waals surface area (Å²) in [4.78, 5) is 0. The lowest BCUT2D eigenvalue weighted by atomic mass is 9.88. The molecule has 246 valence electrons. The second-order valence-corrected chi connectivity index (χ2v) is 14.2. The Morgan fingerprint density at radius 2 is 1.21 bits per heavy atom. The van der Waals surface area contributed by atoms with Gasteiger partial charge in [0.15, 0.2) is 0 Å². The Hall–Kier alpha value is -6.52. The van der Waals surface area contributed by atoms with Gasteiger partial charge < -0.3 is 17.8 Å². The molecule has 0 saturated carbocycles. The van der Waals surface area contributed by atoms with E-state index in [1.54, 1.807) is 0 Å². The zero-order valence-electron chi connectivity index (χ0n) is 28.3. The third-order valence-corrected chi connectivity index (χ3v) is 11.4. The van der Waals surface area contributed by atoms with Gasteiger partial charge in [0.25, 0.3) is 0 Å². The fourth-order valence-electron chi connectivity index (χ4n) is 8.99. The van der Waals surface area contributed by atoms with Crippen molar-refractivity contribution in [2.75, 3.05) is 0 Å². The number of allylic oxidation sites excluding steroid dienone is 2. The molecule has 0 spiro atoms. The molecule has 4 heteroatoms. The molecule has 4 nitrogen and oxygen atoms in total. The van der Waals surface area contributed by atoms with E-state index < -0.39 is 0 Å². The van der Waals surface area contributed by atoms with Gasteiger partial charge in [-0.1, -0.05) is 78.9 Å². The summed E-state index contributed by atoms with van der Waals surface area (Å²) in [5.74, 6) is 2.08. The highest BCUT2D eigenvalue weighted by atomic mass is 16.3. The molecule has 4 heterocycles. The molecule has 0 radical (unpaired) electrons. The predicted molar refractivity (Wildman–Crippen MR) is 212 cm³/mol. The molecule has 2 aliphatic carbocycles. The van der Waals surface area contributed by atoms with Gasteiger partial charge in [0, 0.05) is 60.3 Å². The van der Waals surface area contributed by atoms with Crippen LogP contribution in [0.5, 0.6) is 0 Å². The van der Waals surface area contributed by atoms with Gasteiger partial charge in [-0.25, -0.2) is 0 Å². The third kappa shape index (κ3) is 3.92. The monoisotopic (exact) mass is 669 g/mol. The summed E-state index contributed by atoms with van der Waals surface area (Å²) in [6, 6.07) is 43.4. The Labute approximate surface area is 298 Å². The quantitative estimate of drug-likeness (QED) is 0.188. The fourth-order valence-corrected chi connectivity index (χ4v) is 8.99. The lowest BCUT2D eigenvalue weighted by Gasteiger charge is -2.15. The van der Waals surface area contributed by atoms with Gasteiger partial charge in [-0.2, -0.15) is 0 Å². The molecule has 0 bridgehead atoms. The van der Waals surface area contributed by atoms with Crippen LogP contribution in [0.15, 0.2) is 147 Å². The Bertz CT molecular complexity index is 3190. The summed E-state index contributed by atoms with van der Waals surface area (Å²) in [6.45, 7) is 0. The Balaban J connectivity index is 1.11. The molecule has 0 atom stereocenters. The summed E-state index contributed by atoms with van der Waals surface area (Å²) in [7, 11) is 0. The normalized spacial score (nSPS) is 14.3. The summed E-state index contributed by atoms with van der Waals surface area (Å²) >= 11 is 0. The van der Waals surface area contributed by atoms with Crippen LogP contribution in [0.3, 0.4) is 0 Å². The lowest BCUT2D eigenvalue weighted by Crippen LogP contribution is -2.01. The molecule has 0 fully saturated rings. The first-order valence-corrected chi connectivity index (χ1v) is 18.2. The van der Waals surface area contributed by atoms with E-state index in [1.165, 1.54) is 33.0 Å². The van der Waals surface area contributed by atoms with Crippen LogP contribution in [0.1, 0.15) is 41.1 Å². The summed E-state index contributed by atoms with van der Waals surface area (Å²) < 4.78 is 21.7. The van der Waals surface area contributed by atoms with Crippen molar-refractivity contribution in [1.82, 2.24) is 4.57 Å². The van der Waals surface area contributed by atoms with Crippen molar-refractivity contribution in [2.45, 2.75) is 25.7 Å². The molecule has 0 amide bonds. The van der Waals surface area contributed by atoms with Crippen molar-refractivity contribution in [3.8, 4) is 16.8 Å². The number of hydrogen-bond acceptors (Lipinski definition) is 3. The van der Waals surface area contributed by atoms with Gasteiger partial charge in [-0.15, -0.1) is 0 Å². The maximum absolute atomic E-state index is 6.60. The number of nitrogens with zero attached hydrogens (tertiary/aromatic N) is 1. The van der Waals surface area contributed by atoms with Crippen LogP contribution in [0, 0.1) is 0 Å². The summed E-state index contributed by atoms with van der Waals surface area (Å²) in [6.07, 6.45) is 10.9. The second kappa shape index (κ2) is 10.5. The van der Waals surface area contributed by atoms with Crippen LogP contribution in [0.4, 0.5) is 0 Å². The second-order valence-electron chi connectivity index (χ2n) is 14.2. The summed E-state index contributed by atoms with van der Waals surface area (Å²) in [5.41, 5.74) is 14.4. The van der Waals surface area contributed by atoms with Crippen LogP contribution in [0.2, 0.25) is 0 Å². The molecular formula is C48H31NO3. The van der Waals surface area contributed by atoms with Crippen LogP contribution < -0.4 is 0 Å². The fraction of sp³-hybridized carbons (Fsp3) is 0.0833. The van der Waals surface area contributed by atoms with Crippen molar-refractivity contribution in [3.63, 3.8) is 0 Å². The first-order chi connectivity index (χ1) is 25.8. The number of aromatic nitrogens is 1. The van der Waals surface area contributed by atoms with E-state index in [1.807, 2.05) is 18.2 Å². The largest absolute Gasteiger partial charge is 0.456 e. The van der Waals surface area contributed by atoms with Crippen molar-refractivity contribution < 1.29 is 13.3 Å². The number of furan rings is 3. The Morgan fingerprint density at radius 3 is 2.08 bits per heavy atom. The standard InChI is InChI=1S/C48H31NO3/c1-5-17-44-33(9-1)36-14-7-12-31(47(36)51-44)28-19-22-41-38(25-28)39-26-29(32-13-8-15-37-34-10-2-6-18-45(34)52-48(32)37)20-23-42(39)49(41)30-21-24-46-40(27-30)35-11-3-4-16-43(35)50-46/h1,3-7,9,11-14,16-27H,2,8,10,15H2. The zero-order chi connectivity index (χ0) is 33.9. The first kappa shape index (κ1) is 28.2. The highest BCUT2D eigenvalue weighted by Gasteiger charge is 2.26. The molecule has 2 aliphatic rings. The molecule has 0 unspecified atom stereocenters. The Kier molecular flexibility index (Phi) is 5.70. The van der Waals surface area contributed by atoms with Crippen LogP contribution >= 0.6 is 0 Å². The number of fused-ring (bicyclic) bond motifs is 12. The van der Waals surface area contributed by atoms with Gasteiger partial charge in [0.05, 0.1) is 11.0 Å². The van der Waals surface area contributed by atoms with Gasteiger partial charge in [-0.3, -0.25) is 0 Å². The van der Waals surface area contributed by atoms with Gasteiger partial charge >= 0.3 is 0 Å². The number of benzene rings is 6. The minimum atomic E-state index is 0.894. The number of hydrogen-bond donors (Lipinski definition) is 0. The molecule has 4 aromatic heterocycles. The highest BCUT2D eigenvalue weighted by molar-refractivity contribution is 6.14. The molecule has 0 saturated heterocycles. The molecule has 6 aromatic carbocycles. The SMILES string of the molecule is C1=Cc2oc3c(c2CC1)CCC=C3c1ccc2c(c1)c1cc(-c3cccc4c3oc3ccccc34)ccc1n2-c1ccc2oc3ccccc3c2c1. The molecule has 12 rings (SSSR count). The van der Waals surface area contributed by atoms with Crippen molar-refractivity contribution in [2.24, 2.45) is 0 Å². The van der Waals surface area contributed by atoms with E-state index in [0.29, 0.717) is 0 Å². The average molecular weight is 670 g/mol. The Morgan fingerprint density at radius 1 is 0.500 bits per heavy atom. The summed E-state index contributed by atoms with van der Waals surface area (Å²) in [5, 5.41) is 6.90. The highest BCUT2D eigenvalue weighted by Crippen LogP contribution is 2.43. The maximum Gasteiger partial charge on any atom is 0.143 e. The van der Waals surface area contributed by atoms with E-state index in [-0.39, 0.29) is 0 Å². The third-order valence-electron chi connectivity index (χ3n) is 11.4. The van der Waals surface area contributed by atoms with E-state index >= 15 is 0 Å². The first-order valence-electron chi connectivity index (χ1n) is 18.2. The van der Waals surface area contributed by atoms with E-state index in [9.17, 15) is 0 Å². The van der Waals surface area contributed by atoms with E-state index in [4.69, 9.17) is 13.3 Å². The van der Waals surface area contributed by atoms with Gasteiger partial charge in [0.1, 0.15) is 33.9 Å².